The molecular weight excluding hydrogens is 279 g/mol. The van der Waals surface area contributed by atoms with Gasteiger partial charge >= 0.3 is 112 Å². The molecule has 4 nitrogen and oxygen atoms in total. The molecule has 2 radical (unpaired) electrons. The van der Waals surface area contributed by atoms with Gasteiger partial charge in [0.2, 0.25) is 0 Å². The van der Waals surface area contributed by atoms with Gasteiger partial charge in [-0.2, -0.15) is 0 Å². The van der Waals surface area contributed by atoms with Crippen molar-refractivity contribution in [1.82, 2.24) is 9.80 Å². The molecule has 96 valence electrons. The number of carbonyl (C=O) groups is 1. The summed E-state index contributed by atoms with van der Waals surface area (Å²) < 4.78 is 6.27. The third-order valence-electron chi connectivity index (χ3n) is 3.76. The van der Waals surface area contributed by atoms with E-state index in [4.69, 9.17) is 4.74 Å². The molecule has 1 amide bonds. The fraction of sp³-hybridized carbons (Fsp3) is 0.917. The summed E-state index contributed by atoms with van der Waals surface area (Å²) >= 11 is 2.10. The number of likely N-dealkylation sites (tertiary alicyclic amines) is 2. The molecule has 0 atom stereocenters. The van der Waals surface area contributed by atoms with E-state index in [1.807, 2.05) is 4.90 Å². The monoisotopic (exact) mass is 300 g/mol. The van der Waals surface area contributed by atoms with Crippen LogP contribution in [-0.4, -0.2) is 76.8 Å². The van der Waals surface area contributed by atoms with E-state index in [9.17, 15) is 4.79 Å². The number of rotatable bonds is 2. The number of hydrogen-bond donors (Lipinski definition) is 0. The van der Waals surface area contributed by atoms with Crippen LogP contribution in [0, 0.1) is 0 Å². The molecule has 0 aliphatic carbocycles. The fourth-order valence-electron chi connectivity index (χ4n) is 2.58. The van der Waals surface area contributed by atoms with Crippen molar-refractivity contribution in [3.05, 3.63) is 0 Å². The first-order valence-electron chi connectivity index (χ1n) is 6.47. The average Bonchev–Trinajstić information content (AvgIpc) is 2.33. The van der Waals surface area contributed by atoms with Crippen molar-refractivity contribution >= 4 is 21.5 Å². The van der Waals surface area contributed by atoms with Gasteiger partial charge in [0.05, 0.1) is 0 Å². The minimum absolute atomic E-state index is 0.134. The second-order valence-electron chi connectivity index (χ2n) is 5.11. The molecule has 2 fully saturated rings. The third kappa shape index (κ3) is 3.97. The van der Waals surface area contributed by atoms with Gasteiger partial charge in [-0.05, 0) is 0 Å². The zero-order valence-electron chi connectivity index (χ0n) is 10.5. The predicted octanol–water partition coefficient (Wildman–Crippen LogP) is 0.850. The first kappa shape index (κ1) is 13.4. The molecule has 0 aromatic rings. The van der Waals surface area contributed by atoms with Crippen LogP contribution in [0.1, 0.15) is 25.7 Å². The fourth-order valence-corrected chi connectivity index (χ4v) is 3.00. The first-order valence-corrected chi connectivity index (χ1v) is 7.41. The normalized spacial score (nSPS) is 25.2. The maximum absolute atomic E-state index is 11.2. The minimum atomic E-state index is 0.134. The Bertz CT molecular complexity index is 259. The van der Waals surface area contributed by atoms with Crippen molar-refractivity contribution in [3.8, 4) is 0 Å². The van der Waals surface area contributed by atoms with Gasteiger partial charge in [-0.25, -0.2) is 0 Å². The number of nitrogens with zero attached hydrogens (tertiary/aromatic N) is 2. The number of carbonyl (C=O) groups excluding carboxylic acids is 1. The molecule has 2 aliphatic heterocycles. The van der Waals surface area contributed by atoms with E-state index >= 15 is 0 Å². The van der Waals surface area contributed by atoms with Crippen molar-refractivity contribution in [2.24, 2.45) is 0 Å². The molecule has 2 aliphatic rings. The van der Waals surface area contributed by atoms with Gasteiger partial charge in [-0.3, -0.25) is 0 Å². The third-order valence-corrected chi connectivity index (χ3v) is 4.36. The van der Waals surface area contributed by atoms with Crippen molar-refractivity contribution < 1.29 is 9.53 Å². The number of piperidine rings is 2. The molecule has 2 saturated heterocycles. The first-order chi connectivity index (χ1) is 8.15. The van der Waals surface area contributed by atoms with Crippen LogP contribution in [-0.2, 0) is 4.74 Å². The summed E-state index contributed by atoms with van der Waals surface area (Å²) in [5, 5.41) is 0. The van der Waals surface area contributed by atoms with Crippen LogP contribution in [0.5, 0.6) is 0 Å². The Kier molecular flexibility index (Phi) is 4.89. The van der Waals surface area contributed by atoms with E-state index in [0.717, 1.165) is 51.9 Å². The zero-order chi connectivity index (χ0) is 12.3. The van der Waals surface area contributed by atoms with E-state index in [1.165, 1.54) is 0 Å². The molecular formula is C12H21AsN2O2. The molecule has 0 N–H and O–H groups in total. The van der Waals surface area contributed by atoms with Gasteiger partial charge in [0.15, 0.2) is 0 Å². The molecule has 17 heavy (non-hydrogen) atoms. The maximum atomic E-state index is 11.2. The quantitative estimate of drug-likeness (QED) is 0.709. The van der Waals surface area contributed by atoms with Gasteiger partial charge in [0.25, 0.3) is 0 Å². The molecule has 0 bridgehead atoms. The van der Waals surface area contributed by atoms with E-state index in [0.29, 0.717) is 12.2 Å². The number of amides is 1. The zero-order valence-corrected chi connectivity index (χ0v) is 12.3. The van der Waals surface area contributed by atoms with Crippen LogP contribution in [0.2, 0.25) is 0 Å². The van der Waals surface area contributed by atoms with Crippen LogP contribution in [0.4, 0.5) is 4.79 Å². The Morgan fingerprint density at radius 2 is 1.53 bits per heavy atom. The molecule has 0 aromatic carbocycles. The van der Waals surface area contributed by atoms with Crippen LogP contribution < -0.4 is 0 Å². The second kappa shape index (κ2) is 6.21. The van der Waals surface area contributed by atoms with Crippen LogP contribution >= 0.6 is 0 Å². The summed E-state index contributed by atoms with van der Waals surface area (Å²) in [6, 6.07) is 0. The number of ether oxygens (including phenoxy) is 1. The van der Waals surface area contributed by atoms with Gasteiger partial charge in [0, 0.05) is 0 Å². The van der Waals surface area contributed by atoms with Crippen LogP contribution in [0.15, 0.2) is 0 Å². The van der Waals surface area contributed by atoms with Gasteiger partial charge < -0.3 is 0 Å². The summed E-state index contributed by atoms with van der Waals surface area (Å²) in [6.07, 6.45) is 5.11. The van der Waals surface area contributed by atoms with E-state index in [-0.39, 0.29) is 4.69 Å². The Hall–Kier alpha value is -0.0516. The van der Waals surface area contributed by atoms with Crippen molar-refractivity contribution in [2.75, 3.05) is 33.2 Å². The van der Waals surface area contributed by atoms with Crippen molar-refractivity contribution in [2.45, 2.75) is 37.9 Å². The average molecular weight is 300 g/mol. The molecule has 0 unspecified atom stereocenters. The summed E-state index contributed by atoms with van der Waals surface area (Å²) in [7, 11) is 2.17. The van der Waals surface area contributed by atoms with Crippen molar-refractivity contribution in [1.29, 1.82) is 0 Å². The standard InChI is InChI=1S/C12H21AsN2O2/c1-14-6-2-10(3-7-14)17-11-4-8-15(9-5-11)12(13)16/h10-11H,2-9H2,1H3. The molecule has 0 aromatic heterocycles. The summed E-state index contributed by atoms with van der Waals surface area (Å²) in [6.45, 7) is 4.00. The van der Waals surface area contributed by atoms with Crippen LogP contribution in [0.25, 0.3) is 0 Å². The van der Waals surface area contributed by atoms with E-state index in [1.54, 1.807) is 0 Å². The summed E-state index contributed by atoms with van der Waals surface area (Å²) in [5.74, 6) is 0. The van der Waals surface area contributed by atoms with Crippen molar-refractivity contribution in [3.63, 3.8) is 0 Å². The Morgan fingerprint density at radius 1 is 1.06 bits per heavy atom. The number of hydrogen-bond acceptors (Lipinski definition) is 3. The molecule has 2 heterocycles. The van der Waals surface area contributed by atoms with Gasteiger partial charge in [-0.1, -0.05) is 0 Å². The summed E-state index contributed by atoms with van der Waals surface area (Å²) in [4.78, 5) is 15.4. The Labute approximate surface area is 112 Å². The van der Waals surface area contributed by atoms with Gasteiger partial charge in [0.1, 0.15) is 0 Å². The molecule has 2 rings (SSSR count). The topological polar surface area (TPSA) is 32.8 Å². The summed E-state index contributed by atoms with van der Waals surface area (Å²) in [5.41, 5.74) is 0. The molecule has 5 heteroatoms. The van der Waals surface area contributed by atoms with E-state index in [2.05, 4.69) is 28.8 Å². The second-order valence-corrected chi connectivity index (χ2v) is 5.91. The van der Waals surface area contributed by atoms with E-state index < -0.39 is 0 Å². The Balaban J connectivity index is 1.69. The predicted molar refractivity (Wildman–Crippen MR) is 67.3 cm³/mol. The van der Waals surface area contributed by atoms with Gasteiger partial charge in [-0.15, -0.1) is 0 Å². The molecule has 0 saturated carbocycles. The SMILES string of the molecule is CN1CCC(OC2CCN(C(=O)[As])CC2)CC1. The Morgan fingerprint density at radius 3 is 2.00 bits per heavy atom. The van der Waals surface area contributed by atoms with Crippen LogP contribution in [0.3, 0.4) is 0 Å². The molecule has 0 spiro atoms.